The van der Waals surface area contributed by atoms with Crippen molar-refractivity contribution in [2.45, 2.75) is 6.54 Å². The van der Waals surface area contributed by atoms with Crippen molar-refractivity contribution in [3.8, 4) is 0 Å². The maximum atomic E-state index is 13.8. The molecule has 27 heavy (non-hydrogen) atoms. The lowest BCUT2D eigenvalue weighted by Crippen LogP contribution is -2.50. The van der Waals surface area contributed by atoms with Gasteiger partial charge in [-0.3, -0.25) is 9.59 Å². The highest BCUT2D eigenvalue weighted by atomic mass is 35.5. The molecule has 0 saturated carbocycles. The summed E-state index contributed by atoms with van der Waals surface area (Å²) in [5.74, 6) is -2.22. The predicted octanol–water partition coefficient (Wildman–Crippen LogP) is 2.44. The summed E-state index contributed by atoms with van der Waals surface area (Å²) in [6.07, 6.45) is 0. The molecule has 2 aromatic carbocycles. The Labute approximate surface area is 162 Å². The molecule has 0 aromatic heterocycles. The molecule has 8 heteroatoms. The normalized spacial score (nSPS) is 13.9. The van der Waals surface area contributed by atoms with E-state index in [9.17, 15) is 18.4 Å². The van der Waals surface area contributed by atoms with E-state index in [4.69, 9.17) is 5.73 Å². The second-order valence-electron chi connectivity index (χ2n) is 6.11. The minimum atomic E-state index is -0.881. The van der Waals surface area contributed by atoms with Crippen LogP contribution in [-0.4, -0.2) is 47.8 Å². The zero-order chi connectivity index (χ0) is 18.7. The number of benzene rings is 2. The fraction of sp³-hybridized carbons (Fsp3) is 0.263. The van der Waals surface area contributed by atoms with E-state index in [1.807, 2.05) is 12.1 Å². The molecule has 5 nitrogen and oxygen atoms in total. The number of nitrogens with two attached hydrogens (primary N) is 1. The first kappa shape index (κ1) is 20.8. The molecule has 0 bridgehead atoms. The Morgan fingerprint density at radius 1 is 0.889 bits per heavy atom. The second-order valence-corrected chi connectivity index (χ2v) is 6.11. The average Bonchev–Trinajstić information content (AvgIpc) is 2.67. The van der Waals surface area contributed by atoms with Crippen LogP contribution in [0.1, 0.15) is 26.3 Å². The number of rotatable bonds is 3. The summed E-state index contributed by atoms with van der Waals surface area (Å²) in [6, 6.07) is 9.98. The monoisotopic (exact) mass is 395 g/mol. The van der Waals surface area contributed by atoms with E-state index >= 15 is 0 Å². The first-order chi connectivity index (χ1) is 12.5. The molecular formula is C19H20ClF2N3O2. The van der Waals surface area contributed by atoms with Crippen LogP contribution in [0.25, 0.3) is 0 Å². The third kappa shape index (κ3) is 4.61. The van der Waals surface area contributed by atoms with Crippen LogP contribution in [0.3, 0.4) is 0 Å². The van der Waals surface area contributed by atoms with E-state index in [1.54, 1.807) is 17.0 Å². The molecule has 1 fully saturated rings. The number of piperazine rings is 1. The van der Waals surface area contributed by atoms with Gasteiger partial charge in [0.15, 0.2) is 0 Å². The largest absolute Gasteiger partial charge is 0.335 e. The summed E-state index contributed by atoms with van der Waals surface area (Å²) in [6.45, 7) is 1.71. The number of carbonyl (C=O) groups excluding carboxylic acids is 2. The molecule has 2 aromatic rings. The van der Waals surface area contributed by atoms with Gasteiger partial charge < -0.3 is 15.5 Å². The molecule has 144 valence electrons. The minimum absolute atomic E-state index is 0. The van der Waals surface area contributed by atoms with Crippen molar-refractivity contribution in [3.05, 3.63) is 70.8 Å². The lowest BCUT2D eigenvalue weighted by molar-refractivity contribution is 0.0532. The quantitative estimate of drug-likeness (QED) is 0.868. The number of hydrogen-bond acceptors (Lipinski definition) is 3. The highest BCUT2D eigenvalue weighted by Gasteiger charge is 2.26. The Balaban J connectivity index is 0.00000261. The Hall–Kier alpha value is -2.51. The lowest BCUT2D eigenvalue weighted by Gasteiger charge is -2.35. The van der Waals surface area contributed by atoms with E-state index in [2.05, 4.69) is 0 Å². The molecule has 0 spiro atoms. The number of halogens is 3. The Morgan fingerprint density at radius 3 is 1.96 bits per heavy atom. The maximum Gasteiger partial charge on any atom is 0.256 e. The molecule has 0 unspecified atom stereocenters. The Bertz CT molecular complexity index is 822. The van der Waals surface area contributed by atoms with Crippen LogP contribution in [0.15, 0.2) is 42.5 Å². The SMILES string of the molecule is Cl.NCc1ccc(C(=O)N2CCN(C(=O)c3ccc(F)cc3F)CC2)cc1. The van der Waals surface area contributed by atoms with Crippen LogP contribution in [0.4, 0.5) is 8.78 Å². The zero-order valence-corrected chi connectivity index (χ0v) is 15.3. The Morgan fingerprint density at radius 2 is 1.44 bits per heavy atom. The fourth-order valence-electron chi connectivity index (χ4n) is 2.91. The molecule has 1 aliphatic heterocycles. The Kier molecular flexibility index (Phi) is 6.87. The highest BCUT2D eigenvalue weighted by molar-refractivity contribution is 5.96. The summed E-state index contributed by atoms with van der Waals surface area (Å²) in [5.41, 5.74) is 6.89. The van der Waals surface area contributed by atoms with Crippen LogP contribution >= 0.6 is 12.4 Å². The van der Waals surface area contributed by atoms with Gasteiger partial charge in [0, 0.05) is 44.4 Å². The fourth-order valence-corrected chi connectivity index (χ4v) is 2.91. The van der Waals surface area contributed by atoms with Gasteiger partial charge in [0.2, 0.25) is 0 Å². The van der Waals surface area contributed by atoms with Crippen molar-refractivity contribution < 1.29 is 18.4 Å². The molecule has 0 atom stereocenters. The number of carbonyl (C=O) groups is 2. The molecule has 2 N–H and O–H groups in total. The standard InChI is InChI=1S/C19H19F2N3O2.ClH/c20-15-5-6-16(17(21)11-15)19(26)24-9-7-23(8-10-24)18(25)14-3-1-13(12-22)2-4-14;/h1-6,11H,7-10,12,22H2;1H. The smallest absolute Gasteiger partial charge is 0.256 e. The van der Waals surface area contributed by atoms with Crippen LogP contribution < -0.4 is 5.73 Å². The van der Waals surface area contributed by atoms with Gasteiger partial charge in [-0.1, -0.05) is 12.1 Å². The number of nitrogens with zero attached hydrogens (tertiary/aromatic N) is 2. The van der Waals surface area contributed by atoms with Crippen molar-refractivity contribution >= 4 is 24.2 Å². The topological polar surface area (TPSA) is 66.6 Å². The van der Waals surface area contributed by atoms with Crippen LogP contribution in [0.2, 0.25) is 0 Å². The molecule has 3 rings (SSSR count). The molecule has 2 amide bonds. The summed E-state index contributed by atoms with van der Waals surface area (Å²) in [4.78, 5) is 28.0. The van der Waals surface area contributed by atoms with Crippen molar-refractivity contribution in [2.24, 2.45) is 5.73 Å². The molecule has 0 radical (unpaired) electrons. The highest BCUT2D eigenvalue weighted by Crippen LogP contribution is 2.15. The second kappa shape index (κ2) is 8.92. The molecule has 1 heterocycles. The van der Waals surface area contributed by atoms with E-state index in [0.717, 1.165) is 17.7 Å². The van der Waals surface area contributed by atoms with Crippen molar-refractivity contribution in [1.29, 1.82) is 0 Å². The maximum absolute atomic E-state index is 13.8. The van der Waals surface area contributed by atoms with Gasteiger partial charge >= 0.3 is 0 Å². The summed E-state index contributed by atoms with van der Waals surface area (Å²) in [5, 5.41) is 0. The van der Waals surface area contributed by atoms with Crippen LogP contribution in [0.5, 0.6) is 0 Å². The van der Waals surface area contributed by atoms with Gasteiger partial charge in [0.05, 0.1) is 5.56 Å². The molecule has 1 aliphatic rings. The van der Waals surface area contributed by atoms with Gasteiger partial charge in [0.25, 0.3) is 11.8 Å². The number of hydrogen-bond donors (Lipinski definition) is 1. The van der Waals surface area contributed by atoms with Gasteiger partial charge in [0.1, 0.15) is 11.6 Å². The van der Waals surface area contributed by atoms with Crippen molar-refractivity contribution in [3.63, 3.8) is 0 Å². The zero-order valence-electron chi connectivity index (χ0n) is 14.5. The van der Waals surface area contributed by atoms with Crippen molar-refractivity contribution in [1.82, 2.24) is 9.80 Å². The first-order valence-electron chi connectivity index (χ1n) is 8.32. The lowest BCUT2D eigenvalue weighted by atomic mass is 10.1. The third-order valence-corrected chi connectivity index (χ3v) is 4.45. The van der Waals surface area contributed by atoms with E-state index in [0.29, 0.717) is 44.4 Å². The summed E-state index contributed by atoms with van der Waals surface area (Å²) < 4.78 is 26.8. The molecular weight excluding hydrogens is 376 g/mol. The third-order valence-electron chi connectivity index (χ3n) is 4.45. The summed E-state index contributed by atoms with van der Waals surface area (Å²) in [7, 11) is 0. The first-order valence-corrected chi connectivity index (χ1v) is 8.32. The average molecular weight is 396 g/mol. The van der Waals surface area contributed by atoms with E-state index < -0.39 is 17.5 Å². The minimum Gasteiger partial charge on any atom is -0.335 e. The van der Waals surface area contributed by atoms with E-state index in [-0.39, 0.29) is 23.9 Å². The predicted molar refractivity (Wildman–Crippen MR) is 99.7 cm³/mol. The van der Waals surface area contributed by atoms with Gasteiger partial charge in [-0.2, -0.15) is 0 Å². The summed E-state index contributed by atoms with van der Waals surface area (Å²) >= 11 is 0. The van der Waals surface area contributed by atoms with Crippen LogP contribution in [-0.2, 0) is 6.54 Å². The van der Waals surface area contributed by atoms with Gasteiger partial charge in [-0.05, 0) is 29.8 Å². The number of amides is 2. The molecule has 1 saturated heterocycles. The van der Waals surface area contributed by atoms with Crippen molar-refractivity contribution in [2.75, 3.05) is 26.2 Å². The molecule has 0 aliphatic carbocycles. The van der Waals surface area contributed by atoms with Gasteiger partial charge in [-0.15, -0.1) is 12.4 Å². The van der Waals surface area contributed by atoms with Crippen LogP contribution in [0, 0.1) is 11.6 Å². The van der Waals surface area contributed by atoms with E-state index in [1.165, 1.54) is 4.90 Å². The van der Waals surface area contributed by atoms with Gasteiger partial charge in [-0.25, -0.2) is 8.78 Å².